The molecule has 116 valence electrons. The predicted octanol–water partition coefficient (Wildman–Crippen LogP) is 0.146. The third-order valence-corrected chi connectivity index (χ3v) is 2.73. The molecule has 1 atom stereocenters. The lowest BCUT2D eigenvalue weighted by atomic mass is 10.0. The summed E-state index contributed by atoms with van der Waals surface area (Å²) in [6.45, 7) is 4.70. The Bertz CT molecular complexity index is 195. The fraction of sp³-hybridized carbons (Fsp3) is 0.923. The summed E-state index contributed by atoms with van der Waals surface area (Å²) in [6.07, 6.45) is 6.92. The van der Waals surface area contributed by atoms with E-state index in [4.69, 9.17) is 22.3 Å². The molecule has 0 amide bonds. The Balaban J connectivity index is 0. The molecule has 0 aliphatic carbocycles. The zero-order valence-electron chi connectivity index (χ0n) is 12.6. The number of unbranched alkanes of at least 4 members (excludes halogenated alkanes) is 1. The van der Waals surface area contributed by atoms with E-state index < -0.39 is 0 Å². The van der Waals surface area contributed by atoms with Crippen LogP contribution in [0.2, 0.25) is 0 Å². The van der Waals surface area contributed by atoms with Gasteiger partial charge in [0.2, 0.25) is 0 Å². The molecule has 0 aromatic rings. The van der Waals surface area contributed by atoms with Crippen molar-refractivity contribution in [1.29, 1.82) is 0 Å². The van der Waals surface area contributed by atoms with Crippen molar-refractivity contribution in [2.24, 2.45) is 22.2 Å². The standard InChI is InChI=1S/C12H29N5.CH4O/c1-2-3-6-11(16-10-5-8-13)7-4-9-17-12(14)15;1-2/h11,16H,2-10,13H2,1H3,(H4,14,15,17);2H,1H3. The molecule has 0 spiro atoms. The minimum Gasteiger partial charge on any atom is -0.400 e. The van der Waals surface area contributed by atoms with Gasteiger partial charge in [-0.15, -0.1) is 0 Å². The third kappa shape index (κ3) is 17.1. The molecule has 8 N–H and O–H groups in total. The highest BCUT2D eigenvalue weighted by Gasteiger charge is 2.06. The number of aliphatic imine (C=N–C) groups is 1. The molecule has 1 unspecified atom stereocenters. The van der Waals surface area contributed by atoms with Gasteiger partial charge in [0.15, 0.2) is 5.96 Å². The summed E-state index contributed by atoms with van der Waals surface area (Å²) in [6, 6.07) is 0.579. The Labute approximate surface area is 117 Å². The van der Waals surface area contributed by atoms with Gasteiger partial charge in [-0.2, -0.15) is 0 Å². The summed E-state index contributed by atoms with van der Waals surface area (Å²) in [5, 5.41) is 10.6. The molecule has 6 heteroatoms. The van der Waals surface area contributed by atoms with Crippen molar-refractivity contribution in [3.05, 3.63) is 0 Å². The van der Waals surface area contributed by atoms with Crippen LogP contribution in [0.5, 0.6) is 0 Å². The van der Waals surface area contributed by atoms with Crippen molar-refractivity contribution in [3.8, 4) is 0 Å². The van der Waals surface area contributed by atoms with E-state index in [0.717, 1.165) is 46.0 Å². The van der Waals surface area contributed by atoms with Crippen molar-refractivity contribution in [3.63, 3.8) is 0 Å². The second-order valence-corrected chi connectivity index (χ2v) is 4.38. The molecule has 0 heterocycles. The quantitative estimate of drug-likeness (QED) is 0.209. The van der Waals surface area contributed by atoms with Crippen LogP contribution in [0.15, 0.2) is 4.99 Å². The van der Waals surface area contributed by atoms with Crippen molar-refractivity contribution in [1.82, 2.24) is 5.32 Å². The van der Waals surface area contributed by atoms with Crippen molar-refractivity contribution >= 4 is 5.96 Å². The largest absolute Gasteiger partial charge is 0.400 e. The Morgan fingerprint density at radius 2 is 1.79 bits per heavy atom. The lowest BCUT2D eigenvalue weighted by Gasteiger charge is -2.18. The van der Waals surface area contributed by atoms with Gasteiger partial charge in [0.25, 0.3) is 0 Å². The first kappa shape index (κ1) is 20.5. The second-order valence-electron chi connectivity index (χ2n) is 4.38. The molecule has 0 rings (SSSR count). The molecular formula is C13H33N5O. The van der Waals surface area contributed by atoms with Gasteiger partial charge in [0, 0.05) is 19.7 Å². The summed E-state index contributed by atoms with van der Waals surface area (Å²) in [5.74, 6) is 0.186. The molecule has 0 saturated heterocycles. The number of hydrogen-bond donors (Lipinski definition) is 5. The average Bonchev–Trinajstić information content (AvgIpc) is 2.42. The zero-order valence-corrected chi connectivity index (χ0v) is 12.6. The number of hydrogen-bond acceptors (Lipinski definition) is 4. The molecule has 0 aromatic carbocycles. The summed E-state index contributed by atoms with van der Waals surface area (Å²) in [5.41, 5.74) is 16.1. The van der Waals surface area contributed by atoms with Crippen LogP contribution in [-0.4, -0.2) is 43.9 Å². The molecule has 19 heavy (non-hydrogen) atoms. The monoisotopic (exact) mass is 275 g/mol. The van der Waals surface area contributed by atoms with Gasteiger partial charge in [-0.05, 0) is 38.8 Å². The maximum absolute atomic E-state index is 7.00. The summed E-state index contributed by atoms with van der Waals surface area (Å²) in [7, 11) is 1.00. The maximum atomic E-state index is 7.00. The van der Waals surface area contributed by atoms with E-state index in [1.807, 2.05) is 0 Å². The molecule has 0 fully saturated rings. The van der Waals surface area contributed by atoms with Gasteiger partial charge in [-0.25, -0.2) is 0 Å². The Kier molecular flexibility index (Phi) is 18.5. The van der Waals surface area contributed by atoms with Gasteiger partial charge in [0.05, 0.1) is 0 Å². The highest BCUT2D eigenvalue weighted by molar-refractivity contribution is 5.75. The molecule has 0 bridgehead atoms. The number of nitrogens with zero attached hydrogens (tertiary/aromatic N) is 1. The van der Waals surface area contributed by atoms with E-state index in [-0.39, 0.29) is 5.96 Å². The van der Waals surface area contributed by atoms with Crippen LogP contribution in [0, 0.1) is 0 Å². The minimum absolute atomic E-state index is 0.186. The smallest absolute Gasteiger partial charge is 0.185 e. The molecule has 0 radical (unpaired) electrons. The van der Waals surface area contributed by atoms with Crippen LogP contribution in [0.3, 0.4) is 0 Å². The van der Waals surface area contributed by atoms with Gasteiger partial charge in [-0.1, -0.05) is 19.8 Å². The first-order valence-corrected chi connectivity index (χ1v) is 7.14. The van der Waals surface area contributed by atoms with Crippen LogP contribution in [-0.2, 0) is 0 Å². The molecule has 0 aromatic heterocycles. The normalized spacial score (nSPS) is 11.4. The van der Waals surface area contributed by atoms with Crippen molar-refractivity contribution < 1.29 is 5.11 Å². The predicted molar refractivity (Wildman–Crippen MR) is 83.0 cm³/mol. The number of rotatable bonds is 11. The molecular weight excluding hydrogens is 242 g/mol. The van der Waals surface area contributed by atoms with Crippen LogP contribution >= 0.6 is 0 Å². The lowest BCUT2D eigenvalue weighted by molar-refractivity contribution is 0.399. The van der Waals surface area contributed by atoms with E-state index >= 15 is 0 Å². The number of nitrogens with one attached hydrogen (secondary N) is 1. The first-order valence-electron chi connectivity index (χ1n) is 7.14. The van der Waals surface area contributed by atoms with Gasteiger partial charge in [0.1, 0.15) is 0 Å². The van der Waals surface area contributed by atoms with Crippen molar-refractivity contribution in [2.75, 3.05) is 26.7 Å². The lowest BCUT2D eigenvalue weighted by Crippen LogP contribution is -2.31. The molecule has 0 aliphatic heterocycles. The molecule has 0 saturated carbocycles. The van der Waals surface area contributed by atoms with Gasteiger partial charge >= 0.3 is 0 Å². The highest BCUT2D eigenvalue weighted by atomic mass is 16.2. The number of aliphatic hydroxyl groups is 1. The highest BCUT2D eigenvalue weighted by Crippen LogP contribution is 2.07. The SMILES string of the molecule is CCCCC(CCCN=C(N)N)NCCCN.CO. The topological polar surface area (TPSA) is 123 Å². The zero-order chi connectivity index (χ0) is 14.9. The van der Waals surface area contributed by atoms with E-state index in [1.54, 1.807) is 0 Å². The van der Waals surface area contributed by atoms with E-state index in [0.29, 0.717) is 6.04 Å². The summed E-state index contributed by atoms with van der Waals surface area (Å²) < 4.78 is 0. The summed E-state index contributed by atoms with van der Waals surface area (Å²) in [4.78, 5) is 4.00. The second kappa shape index (κ2) is 17.2. The summed E-state index contributed by atoms with van der Waals surface area (Å²) >= 11 is 0. The Morgan fingerprint density at radius 3 is 2.32 bits per heavy atom. The van der Waals surface area contributed by atoms with Crippen LogP contribution in [0.1, 0.15) is 45.4 Å². The van der Waals surface area contributed by atoms with Gasteiger partial charge in [-0.3, -0.25) is 4.99 Å². The van der Waals surface area contributed by atoms with Crippen LogP contribution < -0.4 is 22.5 Å². The Morgan fingerprint density at radius 1 is 1.16 bits per heavy atom. The van der Waals surface area contributed by atoms with Gasteiger partial charge < -0.3 is 27.6 Å². The Hall–Kier alpha value is -0.850. The number of aliphatic hydroxyl groups excluding tert-OH is 1. The molecule has 0 aliphatic rings. The average molecular weight is 275 g/mol. The van der Waals surface area contributed by atoms with E-state index in [1.165, 1.54) is 19.3 Å². The van der Waals surface area contributed by atoms with Crippen LogP contribution in [0.25, 0.3) is 0 Å². The minimum atomic E-state index is 0.186. The maximum Gasteiger partial charge on any atom is 0.185 e. The first-order chi connectivity index (χ1) is 9.20. The number of nitrogens with two attached hydrogens (primary N) is 3. The fourth-order valence-corrected chi connectivity index (χ4v) is 1.75. The van der Waals surface area contributed by atoms with E-state index in [2.05, 4.69) is 17.2 Å². The van der Waals surface area contributed by atoms with E-state index in [9.17, 15) is 0 Å². The van der Waals surface area contributed by atoms with Crippen LogP contribution in [0.4, 0.5) is 0 Å². The fourth-order valence-electron chi connectivity index (χ4n) is 1.75. The molecule has 6 nitrogen and oxygen atoms in total. The van der Waals surface area contributed by atoms with Crippen molar-refractivity contribution in [2.45, 2.75) is 51.5 Å². The third-order valence-electron chi connectivity index (χ3n) is 2.73. The number of guanidine groups is 1.